The molecule has 0 aromatic heterocycles. The summed E-state index contributed by atoms with van der Waals surface area (Å²) in [6.45, 7) is 1.90. The second-order valence-electron chi connectivity index (χ2n) is 4.57. The molecule has 0 atom stereocenters. The molecular formula is C13H17Cl2FN2O. The maximum atomic E-state index is 13.5. The molecule has 1 aliphatic heterocycles. The summed E-state index contributed by atoms with van der Waals surface area (Å²) in [5.74, 6) is -0.245. The van der Waals surface area contributed by atoms with Gasteiger partial charge in [0.15, 0.2) is 0 Å². The lowest BCUT2D eigenvalue weighted by molar-refractivity contribution is -0.117. The number of amides is 1. The predicted octanol–water partition coefficient (Wildman–Crippen LogP) is 3.23. The lowest BCUT2D eigenvalue weighted by Crippen LogP contribution is -2.30. The van der Waals surface area contributed by atoms with Crippen LogP contribution in [0.3, 0.4) is 0 Å². The van der Waals surface area contributed by atoms with Crippen LogP contribution in [0.25, 0.3) is 0 Å². The van der Waals surface area contributed by atoms with Gasteiger partial charge in [0.05, 0.1) is 5.69 Å². The number of hydrogen-bond donors (Lipinski definition) is 2. The van der Waals surface area contributed by atoms with Crippen molar-refractivity contribution in [1.82, 2.24) is 5.32 Å². The summed E-state index contributed by atoms with van der Waals surface area (Å²) in [5.41, 5.74) is 0.193. The molecule has 6 heteroatoms. The van der Waals surface area contributed by atoms with Gasteiger partial charge >= 0.3 is 0 Å². The average Bonchev–Trinajstić information content (AvgIpc) is 2.34. The van der Waals surface area contributed by atoms with Crippen molar-refractivity contribution in [3.05, 3.63) is 29.0 Å². The van der Waals surface area contributed by atoms with Gasteiger partial charge in [-0.25, -0.2) is 4.39 Å². The normalized spacial score (nSPS) is 15.7. The zero-order valence-electron chi connectivity index (χ0n) is 10.4. The third-order valence-electron chi connectivity index (χ3n) is 3.14. The van der Waals surface area contributed by atoms with Gasteiger partial charge in [0.1, 0.15) is 5.82 Å². The monoisotopic (exact) mass is 306 g/mol. The number of hydrogen-bond acceptors (Lipinski definition) is 2. The number of nitrogens with one attached hydrogen (secondary N) is 2. The smallest absolute Gasteiger partial charge is 0.224 e. The Hall–Kier alpha value is -0.840. The molecule has 2 rings (SSSR count). The first-order valence-corrected chi connectivity index (χ1v) is 6.48. The van der Waals surface area contributed by atoms with Crippen molar-refractivity contribution in [3.8, 4) is 0 Å². The number of halogens is 3. The number of piperidine rings is 1. The molecule has 1 heterocycles. The van der Waals surface area contributed by atoms with E-state index in [2.05, 4.69) is 10.6 Å². The number of carbonyl (C=O) groups is 1. The van der Waals surface area contributed by atoms with Gasteiger partial charge in [-0.2, -0.15) is 0 Å². The minimum Gasteiger partial charge on any atom is -0.324 e. The number of benzene rings is 1. The molecule has 19 heavy (non-hydrogen) atoms. The molecule has 2 N–H and O–H groups in total. The van der Waals surface area contributed by atoms with E-state index >= 15 is 0 Å². The Kier molecular flexibility index (Phi) is 6.55. The van der Waals surface area contributed by atoms with E-state index in [0.717, 1.165) is 25.9 Å². The van der Waals surface area contributed by atoms with E-state index in [0.29, 0.717) is 17.4 Å². The molecule has 3 nitrogen and oxygen atoms in total. The topological polar surface area (TPSA) is 41.1 Å². The van der Waals surface area contributed by atoms with Gasteiger partial charge in [0.2, 0.25) is 5.91 Å². The quantitative estimate of drug-likeness (QED) is 0.900. The van der Waals surface area contributed by atoms with Crippen LogP contribution in [0.1, 0.15) is 19.3 Å². The van der Waals surface area contributed by atoms with E-state index in [9.17, 15) is 9.18 Å². The predicted molar refractivity (Wildman–Crippen MR) is 77.5 cm³/mol. The van der Waals surface area contributed by atoms with Gasteiger partial charge in [-0.3, -0.25) is 4.79 Å². The van der Waals surface area contributed by atoms with Gasteiger partial charge in [-0.05, 0) is 50.0 Å². The molecule has 1 aliphatic rings. The standard InChI is InChI=1S/C13H16ClFN2O.ClH/c14-10-1-2-12(11(15)8-10)17-13(18)7-9-3-5-16-6-4-9;/h1-2,8-9,16H,3-7H2,(H,17,18);1H. The van der Waals surface area contributed by atoms with Crippen LogP contribution >= 0.6 is 24.0 Å². The first-order valence-electron chi connectivity index (χ1n) is 6.11. The SMILES string of the molecule is Cl.O=C(CC1CCNCC1)Nc1ccc(Cl)cc1F. The first kappa shape index (κ1) is 16.2. The van der Waals surface area contributed by atoms with E-state index < -0.39 is 5.82 Å². The van der Waals surface area contributed by atoms with Crippen LogP contribution in [-0.4, -0.2) is 19.0 Å². The molecule has 1 fully saturated rings. The molecule has 1 aromatic carbocycles. The molecule has 0 bridgehead atoms. The highest BCUT2D eigenvalue weighted by molar-refractivity contribution is 6.30. The summed E-state index contributed by atoms with van der Waals surface area (Å²) < 4.78 is 13.5. The fourth-order valence-electron chi connectivity index (χ4n) is 2.14. The van der Waals surface area contributed by atoms with Crippen molar-refractivity contribution in [2.24, 2.45) is 5.92 Å². The average molecular weight is 307 g/mol. The van der Waals surface area contributed by atoms with Crippen molar-refractivity contribution in [1.29, 1.82) is 0 Å². The molecule has 0 spiro atoms. The number of carbonyl (C=O) groups excluding carboxylic acids is 1. The molecule has 1 aromatic rings. The van der Waals surface area contributed by atoms with E-state index in [4.69, 9.17) is 11.6 Å². The van der Waals surface area contributed by atoms with Gasteiger partial charge in [0, 0.05) is 11.4 Å². The zero-order valence-corrected chi connectivity index (χ0v) is 12.0. The minimum absolute atomic E-state index is 0. The Balaban J connectivity index is 0.00000180. The number of anilines is 1. The van der Waals surface area contributed by atoms with E-state index in [-0.39, 0.29) is 24.0 Å². The second kappa shape index (κ2) is 7.68. The van der Waals surface area contributed by atoms with E-state index in [1.165, 1.54) is 12.1 Å². The van der Waals surface area contributed by atoms with Gasteiger partial charge in [0.25, 0.3) is 0 Å². The summed E-state index contributed by atoms with van der Waals surface area (Å²) in [4.78, 5) is 11.8. The number of rotatable bonds is 3. The van der Waals surface area contributed by atoms with Crippen LogP contribution in [0.2, 0.25) is 5.02 Å². The Bertz CT molecular complexity index is 437. The second-order valence-corrected chi connectivity index (χ2v) is 5.01. The van der Waals surface area contributed by atoms with Crippen molar-refractivity contribution in [3.63, 3.8) is 0 Å². The fourth-order valence-corrected chi connectivity index (χ4v) is 2.30. The van der Waals surface area contributed by atoms with Gasteiger partial charge < -0.3 is 10.6 Å². The van der Waals surface area contributed by atoms with E-state index in [1.807, 2.05) is 0 Å². The Labute approximate surface area is 123 Å². The van der Waals surface area contributed by atoms with Gasteiger partial charge in [-0.1, -0.05) is 11.6 Å². The van der Waals surface area contributed by atoms with Crippen molar-refractivity contribution < 1.29 is 9.18 Å². The Morgan fingerprint density at radius 1 is 1.42 bits per heavy atom. The molecular weight excluding hydrogens is 290 g/mol. The summed E-state index contributed by atoms with van der Waals surface area (Å²) in [7, 11) is 0. The van der Waals surface area contributed by atoms with Crippen LogP contribution in [-0.2, 0) is 4.79 Å². The maximum Gasteiger partial charge on any atom is 0.224 e. The highest BCUT2D eigenvalue weighted by Gasteiger charge is 2.17. The van der Waals surface area contributed by atoms with Crippen LogP contribution < -0.4 is 10.6 Å². The van der Waals surface area contributed by atoms with E-state index in [1.54, 1.807) is 6.07 Å². The highest BCUT2D eigenvalue weighted by atomic mass is 35.5. The molecule has 1 amide bonds. The lowest BCUT2D eigenvalue weighted by Gasteiger charge is -2.21. The highest BCUT2D eigenvalue weighted by Crippen LogP contribution is 2.21. The third kappa shape index (κ3) is 4.97. The zero-order chi connectivity index (χ0) is 13.0. The van der Waals surface area contributed by atoms with Crippen molar-refractivity contribution in [2.45, 2.75) is 19.3 Å². The molecule has 0 unspecified atom stereocenters. The Morgan fingerprint density at radius 3 is 2.74 bits per heavy atom. The van der Waals surface area contributed by atoms with Crippen molar-refractivity contribution >= 4 is 35.6 Å². The Morgan fingerprint density at radius 2 is 2.11 bits per heavy atom. The molecule has 1 saturated heterocycles. The van der Waals surface area contributed by atoms with Crippen LogP contribution in [0.5, 0.6) is 0 Å². The molecule has 0 saturated carbocycles. The third-order valence-corrected chi connectivity index (χ3v) is 3.37. The largest absolute Gasteiger partial charge is 0.324 e. The lowest BCUT2D eigenvalue weighted by atomic mass is 9.94. The maximum absolute atomic E-state index is 13.5. The molecule has 0 aliphatic carbocycles. The summed E-state index contributed by atoms with van der Waals surface area (Å²) >= 11 is 5.65. The van der Waals surface area contributed by atoms with Crippen LogP contribution in [0.15, 0.2) is 18.2 Å². The fraction of sp³-hybridized carbons (Fsp3) is 0.462. The van der Waals surface area contributed by atoms with Crippen LogP contribution in [0.4, 0.5) is 10.1 Å². The first-order chi connectivity index (χ1) is 8.65. The molecule has 106 valence electrons. The summed E-state index contributed by atoms with van der Waals surface area (Å²) in [6.07, 6.45) is 2.44. The molecule has 0 radical (unpaired) electrons. The van der Waals surface area contributed by atoms with Crippen LogP contribution in [0, 0.1) is 11.7 Å². The minimum atomic E-state index is -0.499. The van der Waals surface area contributed by atoms with Gasteiger partial charge in [-0.15, -0.1) is 12.4 Å². The summed E-state index contributed by atoms with van der Waals surface area (Å²) in [5, 5.41) is 6.16. The summed E-state index contributed by atoms with van der Waals surface area (Å²) in [6, 6.07) is 4.24. The van der Waals surface area contributed by atoms with Crippen molar-refractivity contribution in [2.75, 3.05) is 18.4 Å².